The van der Waals surface area contributed by atoms with Crippen molar-refractivity contribution in [2.75, 3.05) is 6.61 Å². The highest BCUT2D eigenvalue weighted by Crippen LogP contribution is 2.56. The number of alkyl halides is 17. The summed E-state index contributed by atoms with van der Waals surface area (Å²) in [5, 5.41) is 0. The molecule has 0 N–H and O–H groups in total. The van der Waals surface area contributed by atoms with Gasteiger partial charge in [0.2, 0.25) is 0 Å². The van der Waals surface area contributed by atoms with Crippen LogP contribution >= 0.6 is 0 Å². The number of carbonyl (C=O) groups is 1. The van der Waals surface area contributed by atoms with Crippen LogP contribution < -0.4 is 0 Å². The Labute approximate surface area is 182 Å². The van der Waals surface area contributed by atoms with E-state index < -0.39 is 67.4 Å². The van der Waals surface area contributed by atoms with Crippen molar-refractivity contribution >= 4 is 5.97 Å². The molecule has 0 heterocycles. The predicted octanol–water partition coefficient (Wildman–Crippen LogP) is 6.59. The van der Waals surface area contributed by atoms with Crippen LogP contribution in [-0.4, -0.2) is 61.0 Å². The minimum Gasteiger partial charge on any atom is -0.461 e. The van der Waals surface area contributed by atoms with Gasteiger partial charge in [0.05, 0.1) is 6.61 Å². The maximum Gasteiger partial charge on any atom is 0.462 e. The number of halogens is 17. The molecule has 35 heavy (non-hydrogen) atoms. The zero-order valence-corrected chi connectivity index (χ0v) is 16.4. The Hall–Kier alpha value is -1.80. The van der Waals surface area contributed by atoms with Crippen LogP contribution in [-0.2, 0) is 19.0 Å². The number of hydrogen-bond donors (Lipinski definition) is 0. The van der Waals surface area contributed by atoms with E-state index in [1.165, 1.54) is 11.7 Å². The Morgan fingerprint density at radius 2 is 1.06 bits per heavy atom. The van der Waals surface area contributed by atoms with Crippen LogP contribution in [0, 0.1) is 0 Å². The summed E-state index contributed by atoms with van der Waals surface area (Å²) >= 11 is 0. The van der Waals surface area contributed by atoms with Gasteiger partial charge in [0.25, 0.3) is 0 Å². The van der Waals surface area contributed by atoms with Crippen LogP contribution in [0.3, 0.4) is 0 Å². The first-order valence-corrected chi connectivity index (χ1v) is 8.43. The van der Waals surface area contributed by atoms with E-state index in [1.54, 1.807) is 0 Å². The van der Waals surface area contributed by atoms with E-state index in [4.69, 9.17) is 0 Å². The highest BCUT2D eigenvalue weighted by molar-refractivity contribution is 5.78. The minimum atomic E-state index is -8.04. The largest absolute Gasteiger partial charge is 0.462 e. The lowest BCUT2D eigenvalue weighted by Gasteiger charge is -2.39. The van der Waals surface area contributed by atoms with E-state index in [0.717, 1.165) is 0 Å². The molecule has 0 amide bonds. The number of rotatable bonds is 11. The molecule has 210 valence electrons. The number of esters is 1. The van der Waals surface area contributed by atoms with Gasteiger partial charge in [-0.2, -0.15) is 74.6 Å². The fraction of sp³-hybridized carbons (Fsp3) is 0.929. The van der Waals surface area contributed by atoms with Crippen LogP contribution in [0.15, 0.2) is 0 Å². The van der Waals surface area contributed by atoms with E-state index in [0.29, 0.717) is 0 Å². The van der Waals surface area contributed by atoms with Crippen molar-refractivity contribution in [2.24, 2.45) is 0 Å². The number of unbranched alkanes of at least 4 members (excludes halogenated alkanes) is 2. The third-order valence-electron chi connectivity index (χ3n) is 3.61. The summed E-state index contributed by atoms with van der Waals surface area (Å²) in [6.07, 6.45) is -38.6. The molecule has 0 aliphatic heterocycles. The van der Waals surface area contributed by atoms with Crippen LogP contribution in [0.4, 0.5) is 74.6 Å². The van der Waals surface area contributed by atoms with Crippen LogP contribution in [0.1, 0.15) is 26.2 Å². The molecule has 0 fully saturated rings. The topological polar surface area (TPSA) is 44.8 Å². The van der Waals surface area contributed by atoms with Crippen LogP contribution in [0.2, 0.25) is 0 Å². The summed E-state index contributed by atoms with van der Waals surface area (Å²) in [6.45, 7) is 0.229. The molecular formula is C14H11F17O4. The molecule has 0 saturated heterocycles. The number of ether oxygens (including phenoxy) is 3. The molecule has 0 radical (unpaired) electrons. The SMILES string of the molecule is CCCCCOC(=O)C(F)(OC(F)(F)C(F)(OC(F)(F)C(F)(F)C(F)(F)F)C(F)(F)F)C(F)(F)F. The lowest BCUT2D eigenvalue weighted by Crippen LogP contribution is -2.68. The van der Waals surface area contributed by atoms with Gasteiger partial charge in [0.1, 0.15) is 0 Å². The first-order chi connectivity index (χ1) is 15.1. The zero-order chi connectivity index (χ0) is 28.5. The molecule has 2 unspecified atom stereocenters. The lowest BCUT2D eigenvalue weighted by atomic mass is 10.2. The molecule has 4 nitrogen and oxygen atoms in total. The van der Waals surface area contributed by atoms with E-state index in [2.05, 4.69) is 4.74 Å². The van der Waals surface area contributed by atoms with Crippen molar-refractivity contribution in [3.05, 3.63) is 0 Å². The first-order valence-electron chi connectivity index (χ1n) is 8.43. The molecule has 0 rings (SSSR count). The van der Waals surface area contributed by atoms with Crippen molar-refractivity contribution in [3.63, 3.8) is 0 Å². The molecule has 0 aromatic carbocycles. The molecule has 0 aromatic heterocycles. The summed E-state index contributed by atoms with van der Waals surface area (Å²) < 4.78 is 227. The van der Waals surface area contributed by atoms with Crippen molar-refractivity contribution < 1.29 is 93.6 Å². The highest BCUT2D eigenvalue weighted by atomic mass is 19.4. The molecule has 0 aromatic rings. The Morgan fingerprint density at radius 1 is 0.600 bits per heavy atom. The molecule has 0 aliphatic carbocycles. The first kappa shape index (κ1) is 33.2. The smallest absolute Gasteiger partial charge is 0.461 e. The van der Waals surface area contributed by atoms with Gasteiger partial charge >= 0.3 is 54.3 Å². The average molecular weight is 566 g/mol. The summed E-state index contributed by atoms with van der Waals surface area (Å²) in [5.74, 6) is -26.3. The van der Waals surface area contributed by atoms with Gasteiger partial charge in [0, 0.05) is 0 Å². The van der Waals surface area contributed by atoms with Gasteiger partial charge < -0.3 is 4.74 Å². The molecular weight excluding hydrogens is 555 g/mol. The fourth-order valence-electron chi connectivity index (χ4n) is 1.76. The fourth-order valence-corrected chi connectivity index (χ4v) is 1.76. The van der Waals surface area contributed by atoms with E-state index in [1.807, 2.05) is 4.74 Å². The number of hydrogen-bond acceptors (Lipinski definition) is 4. The van der Waals surface area contributed by atoms with Crippen molar-refractivity contribution in [1.82, 2.24) is 0 Å². The predicted molar refractivity (Wildman–Crippen MR) is 73.3 cm³/mol. The lowest BCUT2D eigenvalue weighted by molar-refractivity contribution is -0.548. The normalized spacial score (nSPS) is 18.1. The molecule has 2 atom stereocenters. The quantitative estimate of drug-likeness (QED) is 0.161. The molecule has 0 bridgehead atoms. The molecule has 0 aliphatic rings. The van der Waals surface area contributed by atoms with Crippen molar-refractivity contribution in [1.29, 1.82) is 0 Å². The van der Waals surface area contributed by atoms with Gasteiger partial charge in [-0.05, 0) is 6.42 Å². The van der Waals surface area contributed by atoms with E-state index >= 15 is 0 Å². The summed E-state index contributed by atoms with van der Waals surface area (Å²) in [6, 6.07) is 0. The monoisotopic (exact) mass is 566 g/mol. The maximum absolute atomic E-state index is 14.1. The third kappa shape index (κ3) is 6.50. The second-order valence-corrected chi connectivity index (χ2v) is 6.34. The second-order valence-electron chi connectivity index (χ2n) is 6.34. The molecule has 0 spiro atoms. The Kier molecular flexibility index (Phi) is 9.41. The zero-order valence-electron chi connectivity index (χ0n) is 16.4. The molecule has 0 saturated carbocycles. The maximum atomic E-state index is 14.1. The van der Waals surface area contributed by atoms with E-state index in [9.17, 15) is 79.4 Å². The highest BCUT2D eigenvalue weighted by Gasteiger charge is 2.85. The van der Waals surface area contributed by atoms with Crippen LogP contribution in [0.25, 0.3) is 0 Å². The Bertz CT molecular complexity index is 728. The standard InChI is InChI=1S/C14H11F17O4/c1-2-3-4-5-33-6(32)7(15,10(19,20)21)34-14(30,31)9(18,12(25,26)27)35-13(28,29)8(16,17)11(22,23)24/h2-5H2,1H3. The Morgan fingerprint density at radius 3 is 1.40 bits per heavy atom. The third-order valence-corrected chi connectivity index (χ3v) is 3.61. The van der Waals surface area contributed by atoms with Gasteiger partial charge in [-0.15, -0.1) is 0 Å². The summed E-state index contributed by atoms with van der Waals surface area (Å²) in [4.78, 5) is 11.3. The van der Waals surface area contributed by atoms with Crippen LogP contribution in [0.5, 0.6) is 0 Å². The number of carbonyl (C=O) groups excluding carboxylic acids is 1. The Balaban J connectivity index is 6.53. The van der Waals surface area contributed by atoms with Gasteiger partial charge in [-0.25, -0.2) is 4.79 Å². The summed E-state index contributed by atoms with van der Waals surface area (Å²) in [7, 11) is 0. The second kappa shape index (κ2) is 9.92. The minimum absolute atomic E-state index is 0.0353. The van der Waals surface area contributed by atoms with Crippen molar-refractivity contribution in [3.8, 4) is 0 Å². The van der Waals surface area contributed by atoms with Crippen molar-refractivity contribution in [2.45, 2.75) is 74.6 Å². The molecule has 21 heteroatoms. The van der Waals surface area contributed by atoms with Gasteiger partial charge in [-0.1, -0.05) is 19.8 Å². The van der Waals surface area contributed by atoms with Gasteiger partial charge in [0.15, 0.2) is 0 Å². The summed E-state index contributed by atoms with van der Waals surface area (Å²) in [5.41, 5.74) is 0. The average Bonchev–Trinajstić information content (AvgIpc) is 2.61. The van der Waals surface area contributed by atoms with E-state index in [-0.39, 0.29) is 12.8 Å². The van der Waals surface area contributed by atoms with Gasteiger partial charge in [-0.3, -0.25) is 9.47 Å².